The molecule has 0 aromatic carbocycles. The molecule has 1 aromatic rings. The Hall–Kier alpha value is -0.960. The molecule has 0 aliphatic rings. The summed E-state index contributed by atoms with van der Waals surface area (Å²) in [5, 5.41) is 0. The average molecular weight is 181 g/mol. The molecule has 13 heavy (non-hydrogen) atoms. The first-order chi connectivity index (χ1) is 6.41. The number of hydrogen-bond donors (Lipinski definition) is 1. The fraction of sp³-hybridized carbons (Fsp3) is 0.600. The largest absolute Gasteiger partial charge is 0.330 e. The number of aromatic nitrogens is 2. The van der Waals surface area contributed by atoms with Crippen molar-refractivity contribution in [2.24, 2.45) is 5.73 Å². The second-order valence-electron chi connectivity index (χ2n) is 2.75. The number of unbranched alkanes of at least 4 members (excludes halogenated alkanes) is 3. The molecule has 0 saturated heterocycles. The molecule has 0 spiro atoms. The van der Waals surface area contributed by atoms with Gasteiger partial charge in [0, 0.05) is 12.4 Å². The number of nitrogens with zero attached hydrogens (tertiary/aromatic N) is 2. The summed E-state index contributed by atoms with van der Waals surface area (Å²) >= 11 is 0. The quantitative estimate of drug-likeness (QED) is 0.723. The molecule has 3 nitrogen and oxygen atoms in total. The zero-order valence-corrected chi connectivity index (χ0v) is 8.32. The Kier molecular flexibility index (Phi) is 10.2. The van der Waals surface area contributed by atoms with E-state index in [1.165, 1.54) is 32.0 Å². The summed E-state index contributed by atoms with van der Waals surface area (Å²) in [5.74, 6) is 0. The van der Waals surface area contributed by atoms with Crippen LogP contribution in [0, 0.1) is 0 Å². The fourth-order valence-electron chi connectivity index (χ4n) is 0.824. The van der Waals surface area contributed by atoms with E-state index in [0.717, 1.165) is 6.54 Å². The summed E-state index contributed by atoms with van der Waals surface area (Å²) < 4.78 is 0. The molecule has 0 atom stereocenters. The van der Waals surface area contributed by atoms with Gasteiger partial charge in [-0.3, -0.25) is 0 Å². The van der Waals surface area contributed by atoms with Gasteiger partial charge in [0.15, 0.2) is 0 Å². The Morgan fingerprint density at radius 3 is 2.08 bits per heavy atom. The van der Waals surface area contributed by atoms with Crippen LogP contribution in [0.3, 0.4) is 0 Å². The first-order valence-corrected chi connectivity index (χ1v) is 4.81. The van der Waals surface area contributed by atoms with E-state index >= 15 is 0 Å². The van der Waals surface area contributed by atoms with E-state index in [2.05, 4.69) is 16.9 Å². The molecule has 1 aromatic heterocycles. The van der Waals surface area contributed by atoms with Crippen LogP contribution in [-0.4, -0.2) is 16.5 Å². The summed E-state index contributed by atoms with van der Waals surface area (Å²) in [5.41, 5.74) is 5.27. The summed E-state index contributed by atoms with van der Waals surface area (Å²) in [6.45, 7) is 3.07. The van der Waals surface area contributed by atoms with E-state index in [1.807, 2.05) is 0 Å². The van der Waals surface area contributed by atoms with Gasteiger partial charge in [-0.2, -0.15) is 0 Å². The van der Waals surface area contributed by atoms with Crippen LogP contribution in [0.4, 0.5) is 0 Å². The second-order valence-corrected chi connectivity index (χ2v) is 2.75. The van der Waals surface area contributed by atoms with Gasteiger partial charge in [-0.1, -0.05) is 26.2 Å². The van der Waals surface area contributed by atoms with E-state index in [-0.39, 0.29) is 0 Å². The number of hydrogen-bond acceptors (Lipinski definition) is 3. The monoisotopic (exact) mass is 181 g/mol. The predicted octanol–water partition coefficient (Wildman–Crippen LogP) is 2.00. The number of rotatable bonds is 4. The van der Waals surface area contributed by atoms with E-state index in [1.54, 1.807) is 18.5 Å². The summed E-state index contributed by atoms with van der Waals surface area (Å²) in [6, 6.07) is 1.78. The molecule has 0 bridgehead atoms. The molecule has 0 aliphatic heterocycles. The Morgan fingerprint density at radius 2 is 1.77 bits per heavy atom. The number of nitrogens with two attached hydrogens (primary N) is 1. The van der Waals surface area contributed by atoms with Gasteiger partial charge in [-0.05, 0) is 19.0 Å². The summed E-state index contributed by atoms with van der Waals surface area (Å²) in [4.78, 5) is 7.35. The minimum atomic E-state index is 0.861. The Morgan fingerprint density at radius 1 is 1.08 bits per heavy atom. The van der Waals surface area contributed by atoms with Gasteiger partial charge in [0.1, 0.15) is 6.33 Å². The van der Waals surface area contributed by atoms with Crippen molar-refractivity contribution < 1.29 is 0 Å². The molecule has 0 fully saturated rings. The van der Waals surface area contributed by atoms with Crippen molar-refractivity contribution in [1.82, 2.24) is 9.97 Å². The van der Waals surface area contributed by atoms with Gasteiger partial charge in [-0.25, -0.2) is 9.97 Å². The van der Waals surface area contributed by atoms with Crippen molar-refractivity contribution >= 4 is 0 Å². The Bertz CT molecular complexity index is 134. The van der Waals surface area contributed by atoms with E-state index in [9.17, 15) is 0 Å². The topological polar surface area (TPSA) is 51.8 Å². The Labute approximate surface area is 80.4 Å². The molecule has 0 amide bonds. The van der Waals surface area contributed by atoms with Crippen LogP contribution < -0.4 is 5.73 Å². The summed E-state index contributed by atoms with van der Waals surface area (Å²) in [7, 11) is 0. The fourth-order valence-corrected chi connectivity index (χ4v) is 0.824. The summed E-state index contributed by atoms with van der Waals surface area (Å²) in [6.07, 6.45) is 10.0. The highest BCUT2D eigenvalue weighted by atomic mass is 14.8. The smallest absolute Gasteiger partial charge is 0.115 e. The van der Waals surface area contributed by atoms with Crippen molar-refractivity contribution in [3.63, 3.8) is 0 Å². The molecule has 2 N–H and O–H groups in total. The van der Waals surface area contributed by atoms with Crippen LogP contribution in [-0.2, 0) is 0 Å². The van der Waals surface area contributed by atoms with E-state index in [4.69, 9.17) is 5.73 Å². The maximum absolute atomic E-state index is 5.27. The third-order valence-corrected chi connectivity index (χ3v) is 1.54. The van der Waals surface area contributed by atoms with Gasteiger partial charge in [-0.15, -0.1) is 0 Å². The van der Waals surface area contributed by atoms with Crippen LogP contribution in [0.25, 0.3) is 0 Å². The SMILES string of the molecule is CCCCCCN.c1cncnc1. The molecule has 1 heterocycles. The average Bonchev–Trinajstić information content (AvgIpc) is 2.22. The Balaban J connectivity index is 0.000000223. The van der Waals surface area contributed by atoms with Gasteiger partial charge in [0.25, 0.3) is 0 Å². The molecule has 0 unspecified atom stereocenters. The molecule has 0 saturated carbocycles. The highest BCUT2D eigenvalue weighted by molar-refractivity contribution is 4.74. The highest BCUT2D eigenvalue weighted by Crippen LogP contribution is 1.95. The van der Waals surface area contributed by atoms with Crippen LogP contribution in [0.5, 0.6) is 0 Å². The van der Waals surface area contributed by atoms with Gasteiger partial charge >= 0.3 is 0 Å². The van der Waals surface area contributed by atoms with Gasteiger partial charge in [0.05, 0.1) is 0 Å². The molecule has 3 heteroatoms. The first kappa shape index (κ1) is 12.0. The van der Waals surface area contributed by atoms with Crippen molar-refractivity contribution in [3.05, 3.63) is 24.8 Å². The minimum Gasteiger partial charge on any atom is -0.330 e. The predicted molar refractivity (Wildman–Crippen MR) is 55.2 cm³/mol. The van der Waals surface area contributed by atoms with Gasteiger partial charge in [0.2, 0.25) is 0 Å². The molecule has 0 radical (unpaired) electrons. The van der Waals surface area contributed by atoms with Crippen molar-refractivity contribution in [2.75, 3.05) is 6.54 Å². The lowest BCUT2D eigenvalue weighted by molar-refractivity contribution is 0.674. The van der Waals surface area contributed by atoms with Crippen LogP contribution in [0.2, 0.25) is 0 Å². The lowest BCUT2D eigenvalue weighted by atomic mass is 10.2. The lowest BCUT2D eigenvalue weighted by Crippen LogP contribution is -1.97. The van der Waals surface area contributed by atoms with Crippen LogP contribution >= 0.6 is 0 Å². The molecule has 74 valence electrons. The maximum Gasteiger partial charge on any atom is 0.115 e. The third-order valence-electron chi connectivity index (χ3n) is 1.54. The van der Waals surface area contributed by atoms with Crippen LogP contribution in [0.15, 0.2) is 24.8 Å². The molecular formula is C10H19N3. The molecule has 0 aliphatic carbocycles. The lowest BCUT2D eigenvalue weighted by Gasteiger charge is -1.90. The standard InChI is InChI=1S/C6H15N.C4H4N2/c1-2-3-4-5-6-7;1-2-5-4-6-3-1/h2-7H2,1H3;1-4H. The normalized spacial score (nSPS) is 8.77. The zero-order valence-electron chi connectivity index (χ0n) is 8.32. The minimum absolute atomic E-state index is 0.861. The highest BCUT2D eigenvalue weighted by Gasteiger charge is 1.80. The van der Waals surface area contributed by atoms with E-state index < -0.39 is 0 Å². The van der Waals surface area contributed by atoms with Gasteiger partial charge < -0.3 is 5.73 Å². The second kappa shape index (κ2) is 11.0. The first-order valence-electron chi connectivity index (χ1n) is 4.81. The van der Waals surface area contributed by atoms with Crippen molar-refractivity contribution in [2.45, 2.75) is 32.6 Å². The van der Waals surface area contributed by atoms with Crippen molar-refractivity contribution in [3.8, 4) is 0 Å². The maximum atomic E-state index is 5.27. The van der Waals surface area contributed by atoms with E-state index in [0.29, 0.717) is 0 Å². The molecular weight excluding hydrogens is 162 g/mol. The third kappa shape index (κ3) is 11.0. The van der Waals surface area contributed by atoms with Crippen molar-refractivity contribution in [1.29, 1.82) is 0 Å². The zero-order chi connectivity index (χ0) is 9.78. The van der Waals surface area contributed by atoms with Crippen LogP contribution in [0.1, 0.15) is 32.6 Å². The molecule has 1 rings (SSSR count).